The smallest absolute Gasteiger partial charge is 0.266 e. The fourth-order valence-electron chi connectivity index (χ4n) is 2.85. The fraction of sp³-hybridized carbons (Fsp3) is 0.227. The average molecular weight is 521 g/mol. The highest BCUT2D eigenvalue weighted by Crippen LogP contribution is 2.39. The van der Waals surface area contributed by atoms with E-state index in [2.05, 4.69) is 21.2 Å². The first kappa shape index (κ1) is 23.3. The van der Waals surface area contributed by atoms with Crippen LogP contribution in [0.3, 0.4) is 0 Å². The molecule has 2 amide bonds. The summed E-state index contributed by atoms with van der Waals surface area (Å²) < 4.78 is 12.6. The minimum absolute atomic E-state index is 0.107. The van der Waals surface area contributed by atoms with Crippen LogP contribution in [0.4, 0.5) is 5.69 Å². The molecule has 0 spiro atoms. The van der Waals surface area contributed by atoms with Crippen molar-refractivity contribution in [1.29, 1.82) is 0 Å². The maximum Gasteiger partial charge on any atom is 0.266 e. The quantitative estimate of drug-likeness (QED) is 0.386. The Bertz CT molecular complexity index is 1030. The number of thiocarbonyl (C=S) groups is 1. The molecular formula is C22H21BrN2O4S2. The highest BCUT2D eigenvalue weighted by molar-refractivity contribution is 9.10. The molecule has 162 valence electrons. The number of halogens is 1. The molecule has 2 aromatic rings. The lowest BCUT2D eigenvalue weighted by atomic mass is 10.2. The topological polar surface area (TPSA) is 67.9 Å². The van der Waals surface area contributed by atoms with Gasteiger partial charge in [0, 0.05) is 12.2 Å². The van der Waals surface area contributed by atoms with Gasteiger partial charge in [-0.3, -0.25) is 14.5 Å². The summed E-state index contributed by atoms with van der Waals surface area (Å²) in [6, 6.07) is 12.7. The van der Waals surface area contributed by atoms with Crippen molar-refractivity contribution < 1.29 is 19.1 Å². The van der Waals surface area contributed by atoms with Gasteiger partial charge in [-0.05, 0) is 65.7 Å². The van der Waals surface area contributed by atoms with E-state index in [1.54, 1.807) is 29.2 Å². The van der Waals surface area contributed by atoms with Gasteiger partial charge in [0.05, 0.1) is 16.0 Å². The van der Waals surface area contributed by atoms with E-state index in [9.17, 15) is 9.59 Å². The second-order valence-corrected chi connectivity index (χ2v) is 8.92. The first-order valence-electron chi connectivity index (χ1n) is 9.62. The molecule has 1 N–H and O–H groups in total. The number of benzene rings is 2. The third-order valence-corrected chi connectivity index (χ3v) is 6.19. The molecule has 31 heavy (non-hydrogen) atoms. The Hall–Kier alpha value is -2.36. The molecule has 2 aromatic carbocycles. The Morgan fingerprint density at radius 1 is 1.23 bits per heavy atom. The SMILES string of the molecule is CCOc1cc(/C=C2\SC(=S)N(CC)C2=O)cc(Br)c1OCC(=O)Nc1ccccc1. The summed E-state index contributed by atoms with van der Waals surface area (Å²) >= 11 is 10.0. The van der Waals surface area contributed by atoms with Crippen LogP contribution < -0.4 is 14.8 Å². The van der Waals surface area contributed by atoms with Crippen LogP contribution >= 0.6 is 39.9 Å². The molecule has 6 nitrogen and oxygen atoms in total. The van der Waals surface area contributed by atoms with E-state index in [4.69, 9.17) is 21.7 Å². The average Bonchev–Trinajstić information content (AvgIpc) is 3.00. The third kappa shape index (κ3) is 5.87. The molecule has 9 heteroatoms. The zero-order chi connectivity index (χ0) is 22.4. The Morgan fingerprint density at radius 2 is 1.97 bits per heavy atom. The Labute approximate surface area is 199 Å². The maximum absolute atomic E-state index is 12.5. The van der Waals surface area contributed by atoms with E-state index in [0.29, 0.717) is 44.0 Å². The van der Waals surface area contributed by atoms with Gasteiger partial charge in [0.2, 0.25) is 0 Å². The summed E-state index contributed by atoms with van der Waals surface area (Å²) in [4.78, 5) is 26.8. The van der Waals surface area contributed by atoms with E-state index in [0.717, 1.165) is 5.56 Å². The normalized spacial score (nSPS) is 14.8. The van der Waals surface area contributed by atoms with Gasteiger partial charge < -0.3 is 14.8 Å². The molecule has 3 rings (SSSR count). The lowest BCUT2D eigenvalue weighted by Crippen LogP contribution is -2.27. The number of carbonyl (C=O) groups excluding carboxylic acids is 2. The fourth-order valence-corrected chi connectivity index (χ4v) is 4.81. The maximum atomic E-state index is 12.5. The van der Waals surface area contributed by atoms with E-state index >= 15 is 0 Å². The molecule has 1 fully saturated rings. The summed E-state index contributed by atoms with van der Waals surface area (Å²) in [6.45, 7) is 4.52. The predicted octanol–water partition coefficient (Wildman–Crippen LogP) is 5.09. The van der Waals surface area contributed by atoms with Crippen LogP contribution in [0.25, 0.3) is 6.08 Å². The Balaban J connectivity index is 1.77. The van der Waals surface area contributed by atoms with Gasteiger partial charge in [0.25, 0.3) is 11.8 Å². The van der Waals surface area contributed by atoms with Crippen molar-refractivity contribution in [1.82, 2.24) is 4.90 Å². The molecule has 0 aliphatic carbocycles. The van der Waals surface area contributed by atoms with Crippen LogP contribution in [0, 0.1) is 0 Å². The zero-order valence-corrected chi connectivity index (χ0v) is 20.2. The number of carbonyl (C=O) groups is 2. The van der Waals surface area contributed by atoms with Gasteiger partial charge in [-0.15, -0.1) is 0 Å². The van der Waals surface area contributed by atoms with Crippen LogP contribution in [0.5, 0.6) is 11.5 Å². The first-order valence-corrected chi connectivity index (χ1v) is 11.6. The zero-order valence-electron chi connectivity index (χ0n) is 17.0. The Kier molecular flexibility index (Phi) is 8.11. The number of amides is 2. The molecule has 1 aliphatic rings. The van der Waals surface area contributed by atoms with Crippen molar-refractivity contribution in [3.63, 3.8) is 0 Å². The largest absolute Gasteiger partial charge is 0.490 e. The van der Waals surface area contributed by atoms with Crippen LogP contribution in [-0.2, 0) is 9.59 Å². The molecule has 0 unspecified atom stereocenters. The number of hydrogen-bond acceptors (Lipinski definition) is 6. The number of nitrogens with zero attached hydrogens (tertiary/aromatic N) is 1. The van der Waals surface area contributed by atoms with Crippen molar-refractivity contribution in [3.8, 4) is 11.5 Å². The van der Waals surface area contributed by atoms with Crippen LogP contribution in [0.2, 0.25) is 0 Å². The molecule has 0 saturated carbocycles. The first-order chi connectivity index (χ1) is 14.9. The van der Waals surface area contributed by atoms with Crippen molar-refractivity contribution in [2.45, 2.75) is 13.8 Å². The minimum atomic E-state index is -0.284. The van der Waals surface area contributed by atoms with E-state index in [1.807, 2.05) is 38.1 Å². The number of ether oxygens (including phenoxy) is 2. The second kappa shape index (κ2) is 10.8. The lowest BCUT2D eigenvalue weighted by molar-refractivity contribution is -0.122. The van der Waals surface area contributed by atoms with Crippen LogP contribution in [0.15, 0.2) is 51.8 Å². The molecule has 0 radical (unpaired) electrons. The second-order valence-electron chi connectivity index (χ2n) is 6.39. The molecule has 0 bridgehead atoms. The molecule has 1 saturated heterocycles. The minimum Gasteiger partial charge on any atom is -0.490 e. The molecular weight excluding hydrogens is 500 g/mol. The van der Waals surface area contributed by atoms with E-state index in [1.165, 1.54) is 11.8 Å². The van der Waals surface area contributed by atoms with Crippen LogP contribution in [-0.4, -0.2) is 40.8 Å². The van der Waals surface area contributed by atoms with Gasteiger partial charge in [0.15, 0.2) is 18.1 Å². The van der Waals surface area contributed by atoms with E-state index < -0.39 is 0 Å². The van der Waals surface area contributed by atoms with Gasteiger partial charge >= 0.3 is 0 Å². The highest BCUT2D eigenvalue weighted by Gasteiger charge is 2.30. The summed E-state index contributed by atoms with van der Waals surface area (Å²) in [5, 5.41) is 2.77. The van der Waals surface area contributed by atoms with Gasteiger partial charge in [-0.25, -0.2) is 0 Å². The number of anilines is 1. The summed E-state index contributed by atoms with van der Waals surface area (Å²) in [6.07, 6.45) is 1.77. The number of para-hydroxylation sites is 1. The van der Waals surface area contributed by atoms with E-state index in [-0.39, 0.29) is 18.4 Å². The highest BCUT2D eigenvalue weighted by atomic mass is 79.9. The van der Waals surface area contributed by atoms with Gasteiger partial charge in [-0.1, -0.05) is 42.2 Å². The lowest BCUT2D eigenvalue weighted by Gasteiger charge is -2.15. The third-order valence-electron chi connectivity index (χ3n) is 4.22. The van der Waals surface area contributed by atoms with Crippen molar-refractivity contribution in [2.24, 2.45) is 0 Å². The number of nitrogens with one attached hydrogen (secondary N) is 1. The molecule has 1 heterocycles. The number of rotatable bonds is 8. The van der Waals surface area contributed by atoms with Crippen molar-refractivity contribution in [3.05, 3.63) is 57.4 Å². The van der Waals surface area contributed by atoms with Crippen LogP contribution in [0.1, 0.15) is 19.4 Å². The summed E-state index contributed by atoms with van der Waals surface area (Å²) in [7, 11) is 0. The number of likely N-dealkylation sites (N-methyl/N-ethyl adjacent to an activating group) is 1. The number of thioether (sulfide) groups is 1. The summed E-state index contributed by atoms with van der Waals surface area (Å²) in [5.74, 6) is 0.502. The summed E-state index contributed by atoms with van der Waals surface area (Å²) in [5.41, 5.74) is 1.45. The molecule has 0 atom stereocenters. The number of hydrogen-bond donors (Lipinski definition) is 1. The monoisotopic (exact) mass is 520 g/mol. The van der Waals surface area contributed by atoms with Crippen molar-refractivity contribution in [2.75, 3.05) is 25.1 Å². The molecule has 0 aromatic heterocycles. The predicted molar refractivity (Wildman–Crippen MR) is 131 cm³/mol. The Morgan fingerprint density at radius 3 is 2.61 bits per heavy atom. The molecule has 1 aliphatic heterocycles. The van der Waals surface area contributed by atoms with Gasteiger partial charge in [-0.2, -0.15) is 0 Å². The standard InChI is InChI=1S/C22H21BrN2O4S2/c1-3-25-21(27)18(31-22(25)30)12-14-10-16(23)20(17(11-14)28-4-2)29-13-19(26)24-15-8-6-5-7-9-15/h5-12H,3-4,13H2,1-2H3,(H,24,26)/b18-12-. The van der Waals surface area contributed by atoms with Gasteiger partial charge in [0.1, 0.15) is 4.32 Å². The van der Waals surface area contributed by atoms with Crippen molar-refractivity contribution >= 4 is 67.8 Å².